The fourth-order valence-electron chi connectivity index (χ4n) is 0.666. The summed E-state index contributed by atoms with van der Waals surface area (Å²) >= 11 is 0. The van der Waals surface area contributed by atoms with Crippen molar-refractivity contribution in [3.05, 3.63) is 18.2 Å². The van der Waals surface area contributed by atoms with Gasteiger partial charge >= 0.3 is 0 Å². The van der Waals surface area contributed by atoms with E-state index >= 15 is 0 Å². The van der Waals surface area contributed by atoms with Gasteiger partial charge in [0.15, 0.2) is 11.5 Å². The highest BCUT2D eigenvalue weighted by Gasteiger charge is 1.99. The van der Waals surface area contributed by atoms with Gasteiger partial charge in [0.2, 0.25) is 0 Å². The van der Waals surface area contributed by atoms with Gasteiger partial charge in [-0.3, -0.25) is 0 Å². The summed E-state index contributed by atoms with van der Waals surface area (Å²) in [5.41, 5.74) is 0. The molecule has 4 nitrogen and oxygen atoms in total. The summed E-state index contributed by atoms with van der Waals surface area (Å²) < 4.78 is 8.97. The SMILES string of the molecule is COC.COc1cc(O)ccc1O. The minimum atomic E-state index is 0.0281. The van der Waals surface area contributed by atoms with Crippen molar-refractivity contribution in [3.8, 4) is 17.2 Å². The summed E-state index contributed by atoms with van der Waals surface area (Å²) in [7, 11) is 4.68. The lowest BCUT2D eigenvalue weighted by Crippen LogP contribution is -1.81. The molecule has 0 saturated heterocycles. The van der Waals surface area contributed by atoms with Crippen molar-refractivity contribution < 1.29 is 19.7 Å². The van der Waals surface area contributed by atoms with Crippen LogP contribution in [0.4, 0.5) is 0 Å². The van der Waals surface area contributed by atoms with Gasteiger partial charge < -0.3 is 19.7 Å². The monoisotopic (exact) mass is 186 g/mol. The van der Waals surface area contributed by atoms with Gasteiger partial charge in [0, 0.05) is 20.3 Å². The van der Waals surface area contributed by atoms with Gasteiger partial charge in [-0.2, -0.15) is 0 Å². The number of benzene rings is 1. The lowest BCUT2D eigenvalue weighted by Gasteiger charge is -2.01. The Morgan fingerprint density at radius 1 is 1.08 bits per heavy atom. The Labute approximate surface area is 77.3 Å². The molecule has 13 heavy (non-hydrogen) atoms. The van der Waals surface area contributed by atoms with Crippen molar-refractivity contribution in [3.63, 3.8) is 0 Å². The van der Waals surface area contributed by atoms with E-state index in [4.69, 9.17) is 14.9 Å². The average Bonchev–Trinajstić information content (AvgIpc) is 2.10. The summed E-state index contributed by atoms with van der Waals surface area (Å²) in [5, 5.41) is 17.9. The predicted molar refractivity (Wildman–Crippen MR) is 49.3 cm³/mol. The smallest absolute Gasteiger partial charge is 0.164 e. The van der Waals surface area contributed by atoms with Gasteiger partial charge in [-0.1, -0.05) is 0 Å². The van der Waals surface area contributed by atoms with Crippen LogP contribution in [0, 0.1) is 0 Å². The first kappa shape index (κ1) is 11.6. The molecule has 1 rings (SSSR count). The van der Waals surface area contributed by atoms with E-state index in [2.05, 4.69) is 4.74 Å². The highest BCUT2D eigenvalue weighted by atomic mass is 16.5. The zero-order valence-electron chi connectivity index (χ0n) is 7.94. The number of ether oxygens (including phenoxy) is 2. The summed E-state index contributed by atoms with van der Waals surface area (Å²) in [4.78, 5) is 0. The molecule has 0 radical (unpaired) electrons. The average molecular weight is 186 g/mol. The Kier molecular flexibility index (Phi) is 5.47. The maximum atomic E-state index is 9.00. The summed E-state index contributed by atoms with van der Waals surface area (Å²) in [6, 6.07) is 4.10. The number of hydrogen-bond donors (Lipinski definition) is 2. The molecule has 0 fully saturated rings. The van der Waals surface area contributed by atoms with Crippen molar-refractivity contribution >= 4 is 0 Å². The largest absolute Gasteiger partial charge is 0.508 e. The van der Waals surface area contributed by atoms with Crippen LogP contribution in [0.5, 0.6) is 17.2 Å². The van der Waals surface area contributed by atoms with Crippen molar-refractivity contribution in [2.75, 3.05) is 21.3 Å². The molecule has 0 amide bonds. The minimum absolute atomic E-state index is 0.0281. The molecule has 1 aromatic carbocycles. The number of phenolic OH excluding ortho intramolecular Hbond substituents is 2. The first-order chi connectivity index (χ1) is 6.15. The number of rotatable bonds is 1. The Morgan fingerprint density at radius 3 is 2.00 bits per heavy atom. The number of methoxy groups -OCH3 is 2. The molecule has 0 bridgehead atoms. The van der Waals surface area contributed by atoms with E-state index in [1.807, 2.05) is 0 Å². The lowest BCUT2D eigenvalue weighted by atomic mass is 10.3. The molecule has 0 unspecified atom stereocenters. The van der Waals surface area contributed by atoms with E-state index in [0.717, 1.165) is 0 Å². The van der Waals surface area contributed by atoms with Crippen molar-refractivity contribution in [1.29, 1.82) is 0 Å². The highest BCUT2D eigenvalue weighted by Crippen LogP contribution is 2.28. The third kappa shape index (κ3) is 4.22. The fourth-order valence-corrected chi connectivity index (χ4v) is 0.666. The molecule has 0 aliphatic carbocycles. The second kappa shape index (κ2) is 6.14. The molecule has 0 heterocycles. The standard InChI is InChI=1S/C7H8O3.C2H6O/c1-10-7-4-5(8)2-3-6(7)9;1-3-2/h2-4,8-9H,1H3;1-2H3. The van der Waals surface area contributed by atoms with E-state index in [-0.39, 0.29) is 17.2 Å². The second-order valence-electron chi connectivity index (χ2n) is 2.26. The normalized spacial score (nSPS) is 8.54. The maximum absolute atomic E-state index is 9.00. The quantitative estimate of drug-likeness (QED) is 0.650. The van der Waals surface area contributed by atoms with Crippen LogP contribution in [-0.4, -0.2) is 31.5 Å². The van der Waals surface area contributed by atoms with E-state index in [1.54, 1.807) is 14.2 Å². The lowest BCUT2D eigenvalue weighted by molar-refractivity contribution is 0.277. The second-order valence-corrected chi connectivity index (χ2v) is 2.26. The van der Waals surface area contributed by atoms with Gasteiger partial charge in [0.1, 0.15) is 5.75 Å². The minimum Gasteiger partial charge on any atom is -0.508 e. The molecule has 0 atom stereocenters. The van der Waals surface area contributed by atoms with Crippen LogP contribution in [0.15, 0.2) is 18.2 Å². The zero-order chi connectivity index (χ0) is 10.3. The Balaban J connectivity index is 0.000000424. The molecular formula is C9H14O4. The van der Waals surface area contributed by atoms with E-state index in [9.17, 15) is 0 Å². The van der Waals surface area contributed by atoms with Gasteiger partial charge in [-0.05, 0) is 12.1 Å². The van der Waals surface area contributed by atoms with Crippen LogP contribution in [0.2, 0.25) is 0 Å². The first-order valence-corrected chi connectivity index (χ1v) is 3.61. The van der Waals surface area contributed by atoms with Crippen LogP contribution in [0.3, 0.4) is 0 Å². The molecule has 2 N–H and O–H groups in total. The van der Waals surface area contributed by atoms with Crippen LogP contribution >= 0.6 is 0 Å². The van der Waals surface area contributed by atoms with E-state index in [1.165, 1.54) is 25.3 Å². The molecule has 0 spiro atoms. The van der Waals surface area contributed by atoms with Gasteiger partial charge in [0.25, 0.3) is 0 Å². The summed E-state index contributed by atoms with van der Waals surface area (Å²) in [5.74, 6) is 0.384. The van der Waals surface area contributed by atoms with Crippen molar-refractivity contribution in [2.45, 2.75) is 0 Å². The zero-order valence-corrected chi connectivity index (χ0v) is 7.94. The third-order valence-electron chi connectivity index (χ3n) is 1.16. The highest BCUT2D eigenvalue weighted by molar-refractivity contribution is 5.43. The molecule has 4 heteroatoms. The predicted octanol–water partition coefficient (Wildman–Crippen LogP) is 1.37. The molecule has 0 saturated carbocycles. The molecule has 1 aromatic rings. The summed E-state index contributed by atoms with van der Waals surface area (Å²) in [6.07, 6.45) is 0. The topological polar surface area (TPSA) is 58.9 Å². The Bertz CT molecular complexity index is 247. The van der Waals surface area contributed by atoms with Crippen LogP contribution < -0.4 is 4.74 Å². The van der Waals surface area contributed by atoms with Gasteiger partial charge in [-0.25, -0.2) is 0 Å². The Hall–Kier alpha value is -1.42. The Morgan fingerprint density at radius 2 is 1.62 bits per heavy atom. The summed E-state index contributed by atoms with van der Waals surface area (Å²) in [6.45, 7) is 0. The maximum Gasteiger partial charge on any atom is 0.164 e. The number of hydrogen-bond acceptors (Lipinski definition) is 4. The van der Waals surface area contributed by atoms with Crippen molar-refractivity contribution in [1.82, 2.24) is 0 Å². The number of phenols is 2. The number of aromatic hydroxyl groups is 2. The van der Waals surface area contributed by atoms with Crippen LogP contribution in [0.25, 0.3) is 0 Å². The molecular weight excluding hydrogens is 172 g/mol. The molecule has 0 aromatic heterocycles. The van der Waals surface area contributed by atoms with E-state index in [0.29, 0.717) is 0 Å². The molecule has 74 valence electrons. The van der Waals surface area contributed by atoms with Gasteiger partial charge in [0.05, 0.1) is 7.11 Å². The fraction of sp³-hybridized carbons (Fsp3) is 0.333. The van der Waals surface area contributed by atoms with E-state index < -0.39 is 0 Å². The van der Waals surface area contributed by atoms with Gasteiger partial charge in [-0.15, -0.1) is 0 Å². The molecule has 0 aliphatic heterocycles. The van der Waals surface area contributed by atoms with Crippen LogP contribution in [-0.2, 0) is 4.74 Å². The van der Waals surface area contributed by atoms with Crippen LogP contribution in [0.1, 0.15) is 0 Å². The molecule has 0 aliphatic rings. The third-order valence-corrected chi connectivity index (χ3v) is 1.16. The van der Waals surface area contributed by atoms with Crippen molar-refractivity contribution in [2.24, 2.45) is 0 Å². The first-order valence-electron chi connectivity index (χ1n) is 3.61.